The summed E-state index contributed by atoms with van der Waals surface area (Å²) in [6, 6.07) is 7.21. The maximum absolute atomic E-state index is 12.3. The molecule has 8 heteroatoms. The second kappa shape index (κ2) is 8.38. The lowest BCUT2D eigenvalue weighted by Crippen LogP contribution is -2.11. The molecule has 4 rings (SSSR count). The fraction of sp³-hybridized carbons (Fsp3) is 0.136. The van der Waals surface area contributed by atoms with E-state index in [1.54, 1.807) is 36.9 Å². The second-order valence-electron chi connectivity index (χ2n) is 6.76. The van der Waals surface area contributed by atoms with E-state index in [1.807, 2.05) is 38.3 Å². The molecule has 30 heavy (non-hydrogen) atoms. The van der Waals surface area contributed by atoms with Crippen LogP contribution in [0.1, 0.15) is 27.2 Å². The highest BCUT2D eigenvalue weighted by atomic mass is 32.1. The summed E-state index contributed by atoms with van der Waals surface area (Å²) in [6.07, 6.45) is 6.44. The molecule has 1 aromatic carbocycles. The smallest absolute Gasteiger partial charge is 0.257 e. The molecular weight excluding hydrogens is 398 g/mol. The van der Waals surface area contributed by atoms with Gasteiger partial charge in [0.2, 0.25) is 5.88 Å². The predicted octanol–water partition coefficient (Wildman–Crippen LogP) is 4.96. The third kappa shape index (κ3) is 4.33. The summed E-state index contributed by atoms with van der Waals surface area (Å²) in [5.74, 6) is 0.921. The molecule has 3 heterocycles. The zero-order valence-electron chi connectivity index (χ0n) is 16.7. The highest BCUT2D eigenvalue weighted by Crippen LogP contribution is 2.34. The Hall–Kier alpha value is -3.65. The van der Waals surface area contributed by atoms with Crippen LogP contribution in [0.2, 0.25) is 0 Å². The third-order valence-corrected chi connectivity index (χ3v) is 5.17. The van der Waals surface area contributed by atoms with Crippen molar-refractivity contribution < 1.29 is 9.53 Å². The topological polar surface area (TPSA) is 89.9 Å². The minimum absolute atomic E-state index is 0.213. The summed E-state index contributed by atoms with van der Waals surface area (Å²) >= 11 is 1.38. The fourth-order valence-corrected chi connectivity index (χ4v) is 3.76. The van der Waals surface area contributed by atoms with Gasteiger partial charge in [0.05, 0.1) is 23.8 Å². The number of amides is 1. The van der Waals surface area contributed by atoms with Gasteiger partial charge in [-0.2, -0.15) is 0 Å². The monoisotopic (exact) mass is 417 g/mol. The van der Waals surface area contributed by atoms with Crippen LogP contribution in [-0.2, 0) is 0 Å². The number of aryl methyl sites for hydroxylation is 3. The van der Waals surface area contributed by atoms with E-state index in [0.717, 1.165) is 28.1 Å². The minimum Gasteiger partial charge on any atom is -0.437 e. The summed E-state index contributed by atoms with van der Waals surface area (Å²) in [4.78, 5) is 29.3. The first-order valence-electron chi connectivity index (χ1n) is 9.24. The first kappa shape index (κ1) is 19.7. The number of hydrogen-bond acceptors (Lipinski definition) is 7. The Morgan fingerprint density at radius 2 is 1.77 bits per heavy atom. The van der Waals surface area contributed by atoms with Crippen molar-refractivity contribution in [1.82, 2.24) is 19.9 Å². The Labute approximate surface area is 177 Å². The highest BCUT2D eigenvalue weighted by Gasteiger charge is 2.14. The standard InChI is InChI=1S/C22H19N5O2S/c1-13-8-17(29-19-11-24-15(3)10-25-19)9-14(2)20(13)18-12-30-22(26-18)27-21(28)16-4-6-23-7-5-16/h4-12H,1-3H3,(H,26,27,28). The molecule has 7 nitrogen and oxygen atoms in total. The van der Waals surface area contributed by atoms with Gasteiger partial charge in [-0.1, -0.05) is 0 Å². The Morgan fingerprint density at radius 1 is 1.03 bits per heavy atom. The van der Waals surface area contributed by atoms with Crippen molar-refractivity contribution >= 4 is 22.4 Å². The average molecular weight is 417 g/mol. The molecular formula is C22H19N5O2S. The molecule has 0 bridgehead atoms. The molecule has 3 aromatic heterocycles. The van der Waals surface area contributed by atoms with Gasteiger partial charge in [-0.3, -0.25) is 20.1 Å². The molecule has 1 N–H and O–H groups in total. The van der Waals surface area contributed by atoms with E-state index < -0.39 is 0 Å². The maximum atomic E-state index is 12.3. The number of rotatable bonds is 5. The zero-order valence-corrected chi connectivity index (χ0v) is 17.5. The first-order valence-corrected chi connectivity index (χ1v) is 10.1. The Kier molecular flexibility index (Phi) is 5.49. The molecule has 0 aliphatic carbocycles. The van der Waals surface area contributed by atoms with Gasteiger partial charge >= 0.3 is 0 Å². The molecule has 150 valence electrons. The zero-order chi connectivity index (χ0) is 21.1. The van der Waals surface area contributed by atoms with Gasteiger partial charge < -0.3 is 4.74 Å². The van der Waals surface area contributed by atoms with Gasteiger partial charge in [0.15, 0.2) is 5.13 Å². The van der Waals surface area contributed by atoms with Gasteiger partial charge in [-0.15, -0.1) is 11.3 Å². The number of thiazole rings is 1. The molecule has 0 atom stereocenters. The van der Waals surface area contributed by atoms with Crippen LogP contribution in [-0.4, -0.2) is 25.8 Å². The molecule has 0 unspecified atom stereocenters. The van der Waals surface area contributed by atoms with Crippen LogP contribution in [0.3, 0.4) is 0 Å². The average Bonchev–Trinajstić information content (AvgIpc) is 3.18. The van der Waals surface area contributed by atoms with E-state index in [9.17, 15) is 4.79 Å². The Balaban J connectivity index is 1.54. The molecule has 1 amide bonds. The van der Waals surface area contributed by atoms with Gasteiger partial charge in [0.1, 0.15) is 5.75 Å². The second-order valence-corrected chi connectivity index (χ2v) is 7.62. The van der Waals surface area contributed by atoms with Crippen LogP contribution in [0.5, 0.6) is 11.6 Å². The van der Waals surface area contributed by atoms with Crippen LogP contribution < -0.4 is 10.1 Å². The molecule has 0 aliphatic rings. The van der Waals surface area contributed by atoms with Crippen molar-refractivity contribution in [3.63, 3.8) is 0 Å². The van der Waals surface area contributed by atoms with Crippen molar-refractivity contribution in [3.05, 3.63) is 76.8 Å². The van der Waals surface area contributed by atoms with Crippen LogP contribution in [0.4, 0.5) is 5.13 Å². The summed E-state index contributed by atoms with van der Waals surface area (Å²) in [6.45, 7) is 5.89. The van der Waals surface area contributed by atoms with Crippen LogP contribution in [0, 0.1) is 20.8 Å². The molecule has 4 aromatic rings. The number of carbonyl (C=O) groups is 1. The van der Waals surface area contributed by atoms with Crippen molar-refractivity contribution in [1.29, 1.82) is 0 Å². The van der Waals surface area contributed by atoms with Gasteiger partial charge in [0.25, 0.3) is 5.91 Å². The van der Waals surface area contributed by atoms with Crippen LogP contribution in [0.25, 0.3) is 11.3 Å². The summed E-state index contributed by atoms with van der Waals surface area (Å²) in [5, 5.41) is 5.31. The SMILES string of the molecule is Cc1cnc(Oc2cc(C)c(-c3csc(NC(=O)c4ccncc4)n3)c(C)c2)cn1. The molecule has 0 radical (unpaired) electrons. The van der Waals surface area contributed by atoms with Crippen molar-refractivity contribution in [2.24, 2.45) is 0 Å². The molecule has 0 saturated carbocycles. The molecule has 0 fully saturated rings. The van der Waals surface area contributed by atoms with Crippen molar-refractivity contribution in [2.45, 2.75) is 20.8 Å². The number of aromatic nitrogens is 4. The van der Waals surface area contributed by atoms with E-state index in [1.165, 1.54) is 11.3 Å². The number of nitrogens with one attached hydrogen (secondary N) is 1. The number of carbonyl (C=O) groups excluding carboxylic acids is 1. The van der Waals surface area contributed by atoms with Gasteiger partial charge in [-0.25, -0.2) is 9.97 Å². The Morgan fingerprint density at radius 3 is 2.43 bits per heavy atom. The largest absolute Gasteiger partial charge is 0.437 e. The third-order valence-electron chi connectivity index (χ3n) is 4.41. The normalized spacial score (nSPS) is 10.6. The van der Waals surface area contributed by atoms with Crippen LogP contribution >= 0.6 is 11.3 Å². The lowest BCUT2D eigenvalue weighted by atomic mass is 10.0. The Bertz CT molecular complexity index is 1170. The van der Waals surface area contributed by atoms with E-state index in [0.29, 0.717) is 22.3 Å². The number of benzene rings is 1. The summed E-state index contributed by atoms with van der Waals surface area (Å²) in [7, 11) is 0. The molecule has 0 aliphatic heterocycles. The maximum Gasteiger partial charge on any atom is 0.257 e. The van der Waals surface area contributed by atoms with E-state index >= 15 is 0 Å². The predicted molar refractivity (Wildman–Crippen MR) is 116 cm³/mol. The number of pyridine rings is 1. The minimum atomic E-state index is -0.213. The van der Waals surface area contributed by atoms with Crippen molar-refractivity contribution in [3.8, 4) is 22.9 Å². The van der Waals surface area contributed by atoms with Gasteiger partial charge in [-0.05, 0) is 56.2 Å². The number of hydrogen-bond donors (Lipinski definition) is 1. The number of anilines is 1. The first-order chi connectivity index (χ1) is 14.5. The number of nitrogens with zero attached hydrogens (tertiary/aromatic N) is 4. The quantitative estimate of drug-likeness (QED) is 0.493. The van der Waals surface area contributed by atoms with E-state index in [4.69, 9.17) is 4.74 Å². The fourth-order valence-electron chi connectivity index (χ4n) is 3.06. The summed E-state index contributed by atoms with van der Waals surface area (Å²) in [5.41, 5.74) is 5.22. The van der Waals surface area contributed by atoms with Crippen molar-refractivity contribution in [2.75, 3.05) is 5.32 Å². The lowest BCUT2D eigenvalue weighted by molar-refractivity contribution is 0.102. The van der Waals surface area contributed by atoms with Crippen LogP contribution in [0.15, 0.2) is 54.4 Å². The highest BCUT2D eigenvalue weighted by molar-refractivity contribution is 7.14. The van der Waals surface area contributed by atoms with E-state index in [2.05, 4.69) is 25.3 Å². The van der Waals surface area contributed by atoms with Gasteiger partial charge in [0, 0.05) is 28.9 Å². The molecule has 0 spiro atoms. The van der Waals surface area contributed by atoms with E-state index in [-0.39, 0.29) is 5.91 Å². The summed E-state index contributed by atoms with van der Waals surface area (Å²) < 4.78 is 5.84. The molecule has 0 saturated heterocycles. The lowest BCUT2D eigenvalue weighted by Gasteiger charge is -2.11. The number of ether oxygens (including phenoxy) is 1.